The predicted octanol–water partition coefficient (Wildman–Crippen LogP) is 3.40. The van der Waals surface area contributed by atoms with E-state index in [0.717, 1.165) is 12.8 Å². The molecular formula is C26H39BrN2O5S. The Balaban J connectivity index is 2.13. The van der Waals surface area contributed by atoms with Gasteiger partial charge >= 0.3 is 5.97 Å². The van der Waals surface area contributed by atoms with Gasteiger partial charge in [0.05, 0.1) is 29.2 Å². The molecule has 2 amide bonds. The molecule has 3 aliphatic rings. The van der Waals surface area contributed by atoms with Crippen molar-refractivity contribution in [3.63, 3.8) is 0 Å². The van der Waals surface area contributed by atoms with E-state index in [1.54, 1.807) is 22.7 Å². The Morgan fingerprint density at radius 3 is 2.57 bits per heavy atom. The topological polar surface area (TPSA) is 87.1 Å². The average molecular weight is 572 g/mol. The van der Waals surface area contributed by atoms with Crippen molar-refractivity contribution in [3.8, 4) is 0 Å². The number of carbonyl (C=O) groups excluding carboxylic acids is 3. The molecule has 0 aromatic heterocycles. The summed E-state index contributed by atoms with van der Waals surface area (Å²) in [6, 6.07) is -1.32. The fraction of sp³-hybridized carbons (Fsp3) is 0.731. The Kier molecular flexibility index (Phi) is 9.19. The molecule has 0 aromatic carbocycles. The maximum atomic E-state index is 14.4. The van der Waals surface area contributed by atoms with Crippen LogP contribution in [0.15, 0.2) is 25.3 Å². The molecule has 196 valence electrons. The van der Waals surface area contributed by atoms with Gasteiger partial charge in [-0.3, -0.25) is 14.4 Å². The Hall–Kier alpha value is -1.32. The van der Waals surface area contributed by atoms with Gasteiger partial charge in [0.2, 0.25) is 11.8 Å². The normalized spacial score (nSPS) is 32.9. The van der Waals surface area contributed by atoms with Crippen molar-refractivity contribution in [1.82, 2.24) is 9.80 Å². The molecule has 0 radical (unpaired) electrons. The number of aliphatic hydroxyl groups excluding tert-OH is 1. The molecule has 9 heteroatoms. The molecule has 0 aliphatic carbocycles. The number of amides is 2. The van der Waals surface area contributed by atoms with Crippen LogP contribution in [0.1, 0.15) is 47.0 Å². The van der Waals surface area contributed by atoms with Crippen LogP contribution in [0, 0.1) is 17.8 Å². The van der Waals surface area contributed by atoms with E-state index in [4.69, 9.17) is 4.74 Å². The van der Waals surface area contributed by atoms with Crippen LogP contribution >= 0.6 is 27.7 Å². The van der Waals surface area contributed by atoms with Gasteiger partial charge in [0.15, 0.2) is 0 Å². The molecule has 3 saturated heterocycles. The first-order valence-corrected chi connectivity index (χ1v) is 14.3. The third kappa shape index (κ3) is 4.73. The Labute approximate surface area is 221 Å². The molecule has 35 heavy (non-hydrogen) atoms. The van der Waals surface area contributed by atoms with Crippen molar-refractivity contribution in [2.45, 2.75) is 79.9 Å². The van der Waals surface area contributed by atoms with E-state index in [1.165, 1.54) is 6.08 Å². The number of hydrogen-bond acceptors (Lipinski definition) is 6. The number of thioether (sulfide) groups is 1. The minimum atomic E-state index is -0.772. The van der Waals surface area contributed by atoms with Crippen molar-refractivity contribution in [1.29, 1.82) is 0 Å². The number of fused-ring (bicyclic) bond motifs is 1. The molecular weight excluding hydrogens is 532 g/mol. The fourth-order valence-electron chi connectivity index (χ4n) is 6.19. The van der Waals surface area contributed by atoms with E-state index in [0.29, 0.717) is 13.0 Å². The highest BCUT2D eigenvalue weighted by atomic mass is 79.9. The van der Waals surface area contributed by atoms with Crippen LogP contribution in [-0.2, 0) is 19.1 Å². The van der Waals surface area contributed by atoms with Gasteiger partial charge in [0.25, 0.3) is 0 Å². The Bertz CT molecular complexity index is 854. The number of carbonyl (C=O) groups is 3. The van der Waals surface area contributed by atoms with Gasteiger partial charge in [0.1, 0.15) is 12.6 Å². The summed E-state index contributed by atoms with van der Waals surface area (Å²) in [5.41, 5.74) is 0. The highest BCUT2D eigenvalue weighted by Gasteiger charge is 2.76. The van der Waals surface area contributed by atoms with Crippen LogP contribution < -0.4 is 0 Å². The number of nitrogens with zero attached hydrogens (tertiary/aromatic N) is 2. The van der Waals surface area contributed by atoms with Crippen LogP contribution in [0.4, 0.5) is 0 Å². The number of hydrogen-bond donors (Lipinski definition) is 1. The van der Waals surface area contributed by atoms with Crippen molar-refractivity contribution >= 4 is 45.5 Å². The highest BCUT2D eigenvalue weighted by Crippen LogP contribution is 2.68. The van der Waals surface area contributed by atoms with Crippen LogP contribution in [0.2, 0.25) is 0 Å². The smallest absolute Gasteiger partial charge is 0.311 e. The average Bonchev–Trinajstić information content (AvgIpc) is 3.39. The Morgan fingerprint density at radius 2 is 2.03 bits per heavy atom. The lowest BCUT2D eigenvalue weighted by Gasteiger charge is -2.42. The van der Waals surface area contributed by atoms with Crippen LogP contribution in [0.25, 0.3) is 0 Å². The molecule has 1 spiro atoms. The zero-order valence-electron chi connectivity index (χ0n) is 21.2. The first-order chi connectivity index (χ1) is 16.6. The third-order valence-corrected chi connectivity index (χ3v) is 11.0. The minimum Gasteiger partial charge on any atom is -0.461 e. The largest absolute Gasteiger partial charge is 0.461 e. The van der Waals surface area contributed by atoms with E-state index in [2.05, 4.69) is 36.0 Å². The summed E-state index contributed by atoms with van der Waals surface area (Å²) in [6.07, 6.45) is 5.58. The van der Waals surface area contributed by atoms with Gasteiger partial charge in [-0.05, 0) is 25.7 Å². The molecule has 1 N–H and O–H groups in total. The maximum Gasteiger partial charge on any atom is 0.311 e. The van der Waals surface area contributed by atoms with Crippen LogP contribution in [-0.4, -0.2) is 85.4 Å². The number of likely N-dealkylation sites (tertiary alicyclic amines) is 1. The Morgan fingerprint density at radius 1 is 1.34 bits per heavy atom. The fourth-order valence-corrected chi connectivity index (χ4v) is 9.77. The second-order valence-electron chi connectivity index (χ2n) is 10.2. The monoisotopic (exact) mass is 570 g/mol. The number of rotatable bonds is 12. The van der Waals surface area contributed by atoms with Crippen molar-refractivity contribution in [2.24, 2.45) is 17.8 Å². The molecule has 0 aromatic rings. The zero-order chi connectivity index (χ0) is 26.1. The number of aliphatic hydroxyl groups is 1. The van der Waals surface area contributed by atoms with E-state index in [1.807, 2.05) is 25.7 Å². The SMILES string of the molecule is C=CCOC(=O)[C@H]1[C@H]2C(=O)N([C@@H](CO)C(C)C)C(C(=O)N(CC=C)C(C)CCC)C23CC(Br)[C@@H]1S3. The van der Waals surface area contributed by atoms with Gasteiger partial charge < -0.3 is 19.6 Å². The molecule has 3 fully saturated rings. The summed E-state index contributed by atoms with van der Waals surface area (Å²) in [7, 11) is 0. The van der Waals surface area contributed by atoms with Crippen molar-refractivity contribution in [2.75, 3.05) is 19.8 Å². The van der Waals surface area contributed by atoms with E-state index in [-0.39, 0.29) is 47.1 Å². The standard InChI is InChI=1S/C26H39BrN2O5S/c1-7-10-16(6)28(11-8-2)24(32)22-26-13-17(27)21(35-26)19(25(33)34-12-9-3)20(26)23(31)29(22)18(14-30)15(4)5/h8-9,15-22,30H,2-3,7,10-14H2,1,4-6H3/t16?,17?,18-,19-,20-,21-,22?,26?/m0/s1. The summed E-state index contributed by atoms with van der Waals surface area (Å²) in [4.78, 5) is 45.1. The zero-order valence-corrected chi connectivity index (χ0v) is 23.6. The molecule has 3 rings (SSSR count). The maximum absolute atomic E-state index is 14.4. The predicted molar refractivity (Wildman–Crippen MR) is 142 cm³/mol. The lowest BCUT2D eigenvalue weighted by atomic mass is 9.71. The molecule has 0 saturated carbocycles. The second-order valence-corrected chi connectivity index (χ2v) is 13.0. The van der Waals surface area contributed by atoms with Crippen molar-refractivity contribution < 1.29 is 24.2 Å². The summed E-state index contributed by atoms with van der Waals surface area (Å²) >= 11 is 5.34. The van der Waals surface area contributed by atoms with Crippen LogP contribution in [0.3, 0.4) is 0 Å². The summed E-state index contributed by atoms with van der Waals surface area (Å²) in [5, 5.41) is 10.2. The first kappa shape index (κ1) is 28.3. The second kappa shape index (κ2) is 11.4. The van der Waals surface area contributed by atoms with Crippen LogP contribution in [0.5, 0.6) is 0 Å². The van der Waals surface area contributed by atoms with Gasteiger partial charge in [-0.2, -0.15) is 0 Å². The lowest BCUT2D eigenvalue weighted by molar-refractivity contribution is -0.153. The number of esters is 1. The molecule has 8 atom stereocenters. The molecule has 7 nitrogen and oxygen atoms in total. The molecule has 2 bridgehead atoms. The summed E-state index contributed by atoms with van der Waals surface area (Å²) in [6.45, 7) is 15.7. The van der Waals surface area contributed by atoms with E-state index >= 15 is 0 Å². The summed E-state index contributed by atoms with van der Waals surface area (Å²) < 4.78 is 4.67. The number of halogens is 1. The lowest BCUT2D eigenvalue weighted by Crippen LogP contribution is -2.59. The number of alkyl halides is 1. The third-order valence-electron chi connectivity index (χ3n) is 7.74. The van der Waals surface area contributed by atoms with E-state index in [9.17, 15) is 19.5 Å². The minimum absolute atomic E-state index is 0.0266. The van der Waals surface area contributed by atoms with Gasteiger partial charge in [-0.1, -0.05) is 61.9 Å². The first-order valence-electron chi connectivity index (χ1n) is 12.5. The van der Waals surface area contributed by atoms with Crippen molar-refractivity contribution in [3.05, 3.63) is 25.3 Å². The number of ether oxygens (including phenoxy) is 1. The van der Waals surface area contributed by atoms with Gasteiger partial charge in [-0.25, -0.2) is 0 Å². The molecule has 4 unspecified atom stereocenters. The summed E-state index contributed by atoms with van der Waals surface area (Å²) in [5.74, 6) is -2.17. The van der Waals surface area contributed by atoms with Gasteiger partial charge in [0, 0.05) is 22.7 Å². The molecule has 3 heterocycles. The highest BCUT2D eigenvalue weighted by molar-refractivity contribution is 9.09. The quantitative estimate of drug-likeness (QED) is 0.220. The van der Waals surface area contributed by atoms with Gasteiger partial charge in [-0.15, -0.1) is 18.3 Å². The van der Waals surface area contributed by atoms with E-state index < -0.39 is 34.6 Å². The molecule has 3 aliphatic heterocycles.